The maximum Gasteiger partial charge on any atom is 0.411 e. The van der Waals surface area contributed by atoms with Gasteiger partial charge < -0.3 is 19.4 Å². The second kappa shape index (κ2) is 15.2. The number of para-hydroxylation sites is 1. The average Bonchev–Trinajstić information content (AvgIpc) is 3.53. The average molecular weight is 581 g/mol. The van der Waals surface area contributed by atoms with Crippen molar-refractivity contribution in [3.05, 3.63) is 114 Å². The minimum absolute atomic E-state index is 0.0372. The second-order valence-corrected chi connectivity index (χ2v) is 11.1. The first-order valence-corrected chi connectivity index (χ1v) is 14.9. The van der Waals surface area contributed by atoms with Gasteiger partial charge in [-0.05, 0) is 54.8 Å². The molecule has 43 heavy (non-hydrogen) atoms. The number of likely N-dealkylation sites (tertiary alicyclic amines) is 1. The Hall–Kier alpha value is -4.40. The van der Waals surface area contributed by atoms with Crippen molar-refractivity contribution in [1.29, 1.82) is 0 Å². The topological polar surface area (TPSA) is 87.0 Å². The molecule has 0 spiro atoms. The Bertz CT molecular complexity index is 1450. The van der Waals surface area contributed by atoms with E-state index in [9.17, 15) is 9.59 Å². The standard InChI is InChI=1S/C35H40N4O4/c1-38(26-31-13-8-22-42-31)25-28-10-7-9-27(23-28)24-36-34(40)18-21-39-19-16-30(17-20-39)43-35(41)37-33-15-6-5-14-32(33)29-11-3-2-4-12-29/h2-15,22-23,30H,16-21,24-26H2,1H3,(H,36,40)(H,37,41). The summed E-state index contributed by atoms with van der Waals surface area (Å²) in [5, 5.41) is 5.98. The normalized spacial score (nSPS) is 14.0. The SMILES string of the molecule is CN(Cc1cccc(CNC(=O)CCN2CCC(OC(=O)Nc3ccccc3-c3ccccc3)CC2)c1)Cc1ccco1. The lowest BCUT2D eigenvalue weighted by Crippen LogP contribution is -2.40. The lowest BCUT2D eigenvalue weighted by atomic mass is 10.0. The second-order valence-electron chi connectivity index (χ2n) is 11.1. The predicted molar refractivity (Wildman–Crippen MR) is 168 cm³/mol. The first-order chi connectivity index (χ1) is 21.0. The summed E-state index contributed by atoms with van der Waals surface area (Å²) in [7, 11) is 2.06. The minimum Gasteiger partial charge on any atom is -0.468 e. The zero-order valence-corrected chi connectivity index (χ0v) is 24.7. The third-order valence-electron chi connectivity index (χ3n) is 7.65. The fraction of sp³-hybridized carbons (Fsp3) is 0.314. The zero-order valence-electron chi connectivity index (χ0n) is 24.7. The van der Waals surface area contributed by atoms with Crippen LogP contribution >= 0.6 is 0 Å². The fourth-order valence-electron chi connectivity index (χ4n) is 5.43. The molecular weight excluding hydrogens is 540 g/mol. The highest BCUT2D eigenvalue weighted by atomic mass is 16.6. The van der Waals surface area contributed by atoms with Crippen LogP contribution < -0.4 is 10.6 Å². The summed E-state index contributed by atoms with van der Waals surface area (Å²) in [6, 6.07) is 29.9. The highest BCUT2D eigenvalue weighted by molar-refractivity contribution is 5.91. The van der Waals surface area contributed by atoms with Gasteiger partial charge in [0.1, 0.15) is 11.9 Å². The van der Waals surface area contributed by atoms with Gasteiger partial charge in [-0.2, -0.15) is 0 Å². The summed E-state index contributed by atoms with van der Waals surface area (Å²) < 4.78 is 11.2. The Labute approximate surface area is 253 Å². The van der Waals surface area contributed by atoms with Gasteiger partial charge in [-0.25, -0.2) is 4.79 Å². The molecule has 0 saturated carbocycles. The van der Waals surface area contributed by atoms with Gasteiger partial charge in [0.15, 0.2) is 0 Å². The number of anilines is 1. The Balaban J connectivity index is 0.990. The van der Waals surface area contributed by atoms with Gasteiger partial charge in [-0.1, -0.05) is 72.8 Å². The molecule has 0 atom stereocenters. The van der Waals surface area contributed by atoms with E-state index in [1.807, 2.05) is 78.9 Å². The van der Waals surface area contributed by atoms with E-state index in [0.717, 1.165) is 67.2 Å². The Morgan fingerprint density at radius 1 is 0.907 bits per heavy atom. The number of carbonyl (C=O) groups excluding carboxylic acids is 2. The number of amides is 2. The summed E-state index contributed by atoms with van der Waals surface area (Å²) in [5.41, 5.74) is 5.00. The Kier molecular flexibility index (Phi) is 10.6. The van der Waals surface area contributed by atoms with Crippen LogP contribution in [0, 0.1) is 0 Å². The van der Waals surface area contributed by atoms with E-state index in [4.69, 9.17) is 9.15 Å². The van der Waals surface area contributed by atoms with E-state index in [2.05, 4.69) is 39.6 Å². The number of benzene rings is 3. The first kappa shape index (κ1) is 30.1. The van der Waals surface area contributed by atoms with Crippen LogP contribution in [0.4, 0.5) is 10.5 Å². The molecule has 5 rings (SSSR count). The molecule has 0 aliphatic carbocycles. The monoisotopic (exact) mass is 580 g/mol. The third kappa shape index (κ3) is 9.30. The van der Waals surface area contributed by atoms with Gasteiger partial charge >= 0.3 is 6.09 Å². The van der Waals surface area contributed by atoms with Crippen LogP contribution in [0.2, 0.25) is 0 Å². The number of carbonyl (C=O) groups is 2. The third-order valence-corrected chi connectivity index (χ3v) is 7.65. The van der Waals surface area contributed by atoms with Crippen LogP contribution in [0.25, 0.3) is 11.1 Å². The van der Waals surface area contributed by atoms with E-state index in [0.29, 0.717) is 19.5 Å². The van der Waals surface area contributed by atoms with Crippen LogP contribution in [0.1, 0.15) is 36.1 Å². The lowest BCUT2D eigenvalue weighted by molar-refractivity contribution is -0.121. The number of nitrogens with one attached hydrogen (secondary N) is 2. The number of piperidine rings is 1. The van der Waals surface area contributed by atoms with Crippen LogP contribution in [-0.2, 0) is 29.2 Å². The van der Waals surface area contributed by atoms with E-state index in [1.165, 1.54) is 5.56 Å². The van der Waals surface area contributed by atoms with Crippen LogP contribution in [0.5, 0.6) is 0 Å². The molecule has 224 valence electrons. The molecule has 1 aromatic heterocycles. The van der Waals surface area contributed by atoms with Crippen molar-refractivity contribution in [2.24, 2.45) is 0 Å². The molecule has 8 heteroatoms. The van der Waals surface area contributed by atoms with Gasteiger partial charge in [-0.3, -0.25) is 15.0 Å². The summed E-state index contributed by atoms with van der Waals surface area (Å²) in [4.78, 5) is 29.7. The van der Waals surface area contributed by atoms with Crippen molar-refractivity contribution in [2.45, 2.75) is 45.0 Å². The number of hydrogen-bond donors (Lipinski definition) is 2. The Morgan fingerprint density at radius 2 is 1.67 bits per heavy atom. The summed E-state index contributed by atoms with van der Waals surface area (Å²) in [5.74, 6) is 0.976. The fourth-order valence-corrected chi connectivity index (χ4v) is 5.43. The van der Waals surface area contributed by atoms with Crippen LogP contribution in [0.3, 0.4) is 0 Å². The maximum absolute atomic E-state index is 12.7. The molecule has 3 aromatic carbocycles. The van der Waals surface area contributed by atoms with Gasteiger partial charge in [0.2, 0.25) is 5.91 Å². The van der Waals surface area contributed by atoms with Crippen molar-refractivity contribution >= 4 is 17.7 Å². The molecule has 4 aromatic rings. The Morgan fingerprint density at radius 3 is 2.47 bits per heavy atom. The smallest absolute Gasteiger partial charge is 0.411 e. The van der Waals surface area contributed by atoms with Gasteiger partial charge in [0, 0.05) is 44.7 Å². The van der Waals surface area contributed by atoms with Gasteiger partial charge in [-0.15, -0.1) is 0 Å². The maximum atomic E-state index is 12.7. The number of ether oxygens (including phenoxy) is 1. The number of nitrogens with zero attached hydrogens (tertiary/aromatic N) is 2. The molecule has 1 aliphatic rings. The summed E-state index contributed by atoms with van der Waals surface area (Å²) in [6.45, 7) is 4.32. The molecule has 0 bridgehead atoms. The minimum atomic E-state index is -0.436. The van der Waals surface area contributed by atoms with Crippen LogP contribution in [-0.4, -0.2) is 54.6 Å². The van der Waals surface area contributed by atoms with Crippen molar-refractivity contribution < 1.29 is 18.7 Å². The number of hydrogen-bond acceptors (Lipinski definition) is 6. The van der Waals surface area contributed by atoms with E-state index in [-0.39, 0.29) is 12.0 Å². The van der Waals surface area contributed by atoms with Crippen molar-refractivity contribution in [1.82, 2.24) is 15.1 Å². The zero-order chi connectivity index (χ0) is 29.9. The predicted octanol–water partition coefficient (Wildman–Crippen LogP) is 6.30. The quantitative estimate of drug-likeness (QED) is 0.205. The summed E-state index contributed by atoms with van der Waals surface area (Å²) >= 11 is 0. The molecule has 1 aliphatic heterocycles. The highest BCUT2D eigenvalue weighted by Gasteiger charge is 2.23. The summed E-state index contributed by atoms with van der Waals surface area (Å²) in [6.07, 6.45) is 3.05. The lowest BCUT2D eigenvalue weighted by Gasteiger charge is -2.31. The van der Waals surface area contributed by atoms with E-state index < -0.39 is 6.09 Å². The van der Waals surface area contributed by atoms with Crippen molar-refractivity contribution in [3.8, 4) is 11.1 Å². The van der Waals surface area contributed by atoms with Gasteiger partial charge in [0.05, 0.1) is 18.5 Å². The number of furan rings is 1. The first-order valence-electron chi connectivity index (χ1n) is 14.9. The molecule has 1 saturated heterocycles. The molecule has 2 N–H and O–H groups in total. The molecule has 1 fully saturated rings. The molecule has 2 amide bonds. The molecule has 0 radical (unpaired) electrons. The van der Waals surface area contributed by atoms with E-state index in [1.54, 1.807) is 6.26 Å². The molecule has 0 unspecified atom stereocenters. The largest absolute Gasteiger partial charge is 0.468 e. The van der Waals surface area contributed by atoms with Crippen LogP contribution in [0.15, 0.2) is 102 Å². The molecule has 2 heterocycles. The molecule has 8 nitrogen and oxygen atoms in total. The number of rotatable bonds is 12. The van der Waals surface area contributed by atoms with Crippen molar-refractivity contribution in [2.75, 3.05) is 32.0 Å². The van der Waals surface area contributed by atoms with E-state index >= 15 is 0 Å². The highest BCUT2D eigenvalue weighted by Crippen LogP contribution is 2.28. The van der Waals surface area contributed by atoms with Gasteiger partial charge in [0.25, 0.3) is 0 Å². The molecular formula is C35H40N4O4. The van der Waals surface area contributed by atoms with Crippen molar-refractivity contribution in [3.63, 3.8) is 0 Å².